The minimum atomic E-state index is -0.430. The van der Waals surface area contributed by atoms with Crippen LogP contribution in [-0.4, -0.2) is 58.5 Å². The molecular weight excluding hydrogens is 502 g/mol. The van der Waals surface area contributed by atoms with Gasteiger partial charge in [0.1, 0.15) is 5.82 Å². The summed E-state index contributed by atoms with van der Waals surface area (Å²) in [5.74, 6) is 1.19. The van der Waals surface area contributed by atoms with Gasteiger partial charge in [-0.3, -0.25) is 9.48 Å². The molecule has 212 valence electrons. The van der Waals surface area contributed by atoms with Gasteiger partial charge in [0.2, 0.25) is 11.8 Å². The largest absolute Gasteiger partial charge is 0.480 e. The van der Waals surface area contributed by atoms with Crippen molar-refractivity contribution < 1.29 is 9.53 Å². The highest BCUT2D eigenvalue weighted by atomic mass is 16.5. The molecule has 9 heteroatoms. The van der Waals surface area contributed by atoms with Gasteiger partial charge in [-0.1, -0.05) is 6.92 Å². The van der Waals surface area contributed by atoms with E-state index < -0.39 is 5.91 Å². The Bertz CT molecular complexity index is 1530. The number of primary amides is 1. The third-order valence-electron chi connectivity index (χ3n) is 8.43. The number of benzene rings is 1. The lowest BCUT2D eigenvalue weighted by molar-refractivity contribution is 0.100. The van der Waals surface area contributed by atoms with Crippen molar-refractivity contribution in [1.82, 2.24) is 24.6 Å². The summed E-state index contributed by atoms with van der Waals surface area (Å²) in [5.41, 5.74) is 13.8. The third kappa shape index (κ3) is 4.83. The molecule has 1 atom stereocenters. The highest BCUT2D eigenvalue weighted by Crippen LogP contribution is 2.38. The van der Waals surface area contributed by atoms with Crippen LogP contribution in [-0.2, 0) is 13.0 Å². The fourth-order valence-corrected chi connectivity index (χ4v) is 5.98. The monoisotopic (exact) mass is 543 g/mol. The Hall–Kier alpha value is -3.85. The number of piperazine rings is 1. The van der Waals surface area contributed by atoms with Crippen molar-refractivity contribution >= 4 is 22.6 Å². The Labute approximate surface area is 236 Å². The first kappa shape index (κ1) is 27.7. The van der Waals surface area contributed by atoms with Crippen molar-refractivity contribution in [3.63, 3.8) is 0 Å². The summed E-state index contributed by atoms with van der Waals surface area (Å²) < 4.78 is 10.0. The summed E-state index contributed by atoms with van der Waals surface area (Å²) in [6, 6.07) is 8.48. The normalized spacial score (nSPS) is 14.6. The Balaban J connectivity index is 1.67. The number of amides is 1. The molecule has 1 aliphatic heterocycles. The van der Waals surface area contributed by atoms with E-state index in [2.05, 4.69) is 72.7 Å². The first-order valence-electron chi connectivity index (χ1n) is 14.3. The zero-order chi connectivity index (χ0) is 28.6. The molecule has 1 aromatic carbocycles. The zero-order valence-corrected chi connectivity index (χ0v) is 24.5. The maximum atomic E-state index is 12.9. The molecule has 0 saturated carbocycles. The summed E-state index contributed by atoms with van der Waals surface area (Å²) >= 11 is 0. The number of nitrogens with one attached hydrogen (secondary N) is 1. The third-order valence-corrected chi connectivity index (χ3v) is 8.43. The van der Waals surface area contributed by atoms with E-state index in [1.807, 2.05) is 16.9 Å². The number of fused-ring (bicyclic) bond motifs is 1. The number of hydrogen-bond acceptors (Lipinski definition) is 6. The van der Waals surface area contributed by atoms with Gasteiger partial charge in [0, 0.05) is 84.8 Å². The molecular formula is C31H41N7O2. The second kappa shape index (κ2) is 11.3. The van der Waals surface area contributed by atoms with Crippen molar-refractivity contribution in [2.75, 3.05) is 38.2 Å². The van der Waals surface area contributed by atoms with E-state index in [1.54, 1.807) is 7.11 Å². The highest BCUT2D eigenvalue weighted by Gasteiger charge is 2.25. The summed E-state index contributed by atoms with van der Waals surface area (Å²) in [5, 5.41) is 8.95. The number of aromatic nitrogens is 4. The predicted octanol–water partition coefficient (Wildman–Crippen LogP) is 4.62. The van der Waals surface area contributed by atoms with Crippen molar-refractivity contribution in [2.24, 2.45) is 5.73 Å². The molecule has 1 fully saturated rings. The summed E-state index contributed by atoms with van der Waals surface area (Å²) in [7, 11) is 1.67. The summed E-state index contributed by atoms with van der Waals surface area (Å²) in [6.45, 7) is 15.2. The Kier molecular flexibility index (Phi) is 7.85. The lowest BCUT2D eigenvalue weighted by Crippen LogP contribution is -2.43. The molecule has 1 aliphatic rings. The van der Waals surface area contributed by atoms with E-state index in [-0.39, 0.29) is 6.04 Å². The standard InChI is InChI=1S/C31H41N7O2/c1-7-19(3)38-26(17-24-21(5)37(8-2)35-31(24)40-6)20(4)29-25(30(32)39)15-23(16-27(29)38)22-9-10-28(34-18-22)36-13-11-33-12-14-36/h9-10,15-16,18-19,33H,7-8,11-14,17H2,1-6H3,(H2,32,39). The van der Waals surface area contributed by atoms with Gasteiger partial charge in [0.25, 0.3) is 0 Å². The Morgan fingerprint density at radius 3 is 2.50 bits per heavy atom. The van der Waals surface area contributed by atoms with Crippen LogP contribution in [0.2, 0.25) is 0 Å². The molecule has 0 spiro atoms. The molecule has 3 aromatic heterocycles. The molecule has 0 aliphatic carbocycles. The quantitative estimate of drug-likeness (QED) is 0.319. The number of rotatable bonds is 9. The van der Waals surface area contributed by atoms with Gasteiger partial charge in [0.15, 0.2) is 0 Å². The van der Waals surface area contributed by atoms with Crippen LogP contribution < -0.4 is 20.7 Å². The molecule has 5 rings (SSSR count). The first-order chi connectivity index (χ1) is 19.3. The van der Waals surface area contributed by atoms with E-state index >= 15 is 0 Å². The number of anilines is 1. The van der Waals surface area contributed by atoms with Crippen molar-refractivity contribution in [1.29, 1.82) is 0 Å². The average molecular weight is 544 g/mol. The van der Waals surface area contributed by atoms with Gasteiger partial charge in [-0.2, -0.15) is 0 Å². The van der Waals surface area contributed by atoms with Gasteiger partial charge >= 0.3 is 0 Å². The number of nitrogens with zero attached hydrogens (tertiary/aromatic N) is 5. The van der Waals surface area contributed by atoms with Crippen LogP contribution >= 0.6 is 0 Å². The van der Waals surface area contributed by atoms with Gasteiger partial charge < -0.3 is 25.3 Å². The van der Waals surface area contributed by atoms with Crippen molar-refractivity contribution in [2.45, 2.75) is 60.0 Å². The van der Waals surface area contributed by atoms with E-state index in [0.717, 1.165) is 89.5 Å². The van der Waals surface area contributed by atoms with E-state index in [0.29, 0.717) is 17.9 Å². The molecule has 4 heterocycles. The summed E-state index contributed by atoms with van der Waals surface area (Å²) in [4.78, 5) is 19.9. The van der Waals surface area contributed by atoms with Gasteiger partial charge in [-0.15, -0.1) is 5.10 Å². The minimum Gasteiger partial charge on any atom is -0.480 e. The minimum absolute atomic E-state index is 0.211. The van der Waals surface area contributed by atoms with Gasteiger partial charge in [0.05, 0.1) is 12.6 Å². The molecule has 1 saturated heterocycles. The average Bonchev–Trinajstić information content (AvgIpc) is 3.45. The molecule has 9 nitrogen and oxygen atoms in total. The van der Waals surface area contributed by atoms with Crippen LogP contribution in [0, 0.1) is 13.8 Å². The van der Waals surface area contributed by atoms with Crippen LogP contribution in [0.3, 0.4) is 0 Å². The maximum Gasteiger partial charge on any atom is 0.249 e. The summed E-state index contributed by atoms with van der Waals surface area (Å²) in [6.07, 6.45) is 3.49. The highest BCUT2D eigenvalue weighted by molar-refractivity contribution is 6.09. The number of carbonyl (C=O) groups excluding carboxylic acids is 1. The van der Waals surface area contributed by atoms with Crippen molar-refractivity contribution in [3.8, 4) is 17.0 Å². The van der Waals surface area contributed by atoms with Crippen LogP contribution in [0.1, 0.15) is 66.1 Å². The van der Waals surface area contributed by atoms with Gasteiger partial charge in [-0.25, -0.2) is 4.98 Å². The number of ether oxygens (including phenoxy) is 1. The molecule has 0 bridgehead atoms. The smallest absolute Gasteiger partial charge is 0.249 e. The van der Waals surface area contributed by atoms with Crippen LogP contribution in [0.4, 0.5) is 5.82 Å². The number of aryl methyl sites for hydroxylation is 2. The van der Waals surface area contributed by atoms with Crippen LogP contribution in [0.5, 0.6) is 5.88 Å². The predicted molar refractivity (Wildman–Crippen MR) is 161 cm³/mol. The first-order valence-corrected chi connectivity index (χ1v) is 14.3. The van der Waals surface area contributed by atoms with E-state index in [1.165, 1.54) is 0 Å². The Morgan fingerprint density at radius 1 is 1.15 bits per heavy atom. The fraction of sp³-hybridized carbons (Fsp3) is 0.452. The molecule has 1 amide bonds. The van der Waals surface area contributed by atoms with Crippen LogP contribution in [0.25, 0.3) is 22.0 Å². The maximum absolute atomic E-state index is 12.9. The topological polar surface area (TPSA) is 103 Å². The molecule has 0 radical (unpaired) electrons. The molecule has 4 aromatic rings. The Morgan fingerprint density at radius 2 is 1.90 bits per heavy atom. The second-order valence-corrected chi connectivity index (χ2v) is 10.7. The number of carbonyl (C=O) groups is 1. The van der Waals surface area contributed by atoms with E-state index in [4.69, 9.17) is 15.5 Å². The molecule has 3 N–H and O–H groups in total. The van der Waals surface area contributed by atoms with Gasteiger partial charge in [-0.05, 0) is 69.5 Å². The second-order valence-electron chi connectivity index (χ2n) is 10.7. The number of nitrogens with two attached hydrogens (primary N) is 1. The number of methoxy groups -OCH3 is 1. The fourth-order valence-electron chi connectivity index (χ4n) is 5.98. The number of pyridine rings is 1. The van der Waals surface area contributed by atoms with E-state index in [9.17, 15) is 4.79 Å². The molecule has 1 unspecified atom stereocenters. The zero-order valence-electron chi connectivity index (χ0n) is 24.5. The lowest BCUT2D eigenvalue weighted by atomic mass is 9.98. The molecule has 40 heavy (non-hydrogen) atoms. The lowest BCUT2D eigenvalue weighted by Gasteiger charge is -2.28. The number of hydrogen-bond donors (Lipinski definition) is 2. The SMILES string of the molecule is CCC(C)n1c(Cc2c(OC)nn(CC)c2C)c(C)c2c(C(N)=O)cc(-c3ccc(N4CCNCC4)nc3)cc21. The van der Waals surface area contributed by atoms with Crippen molar-refractivity contribution in [3.05, 3.63) is 58.5 Å². The van der Waals surface area contributed by atoms with Crippen LogP contribution in [0.15, 0.2) is 30.5 Å².